The summed E-state index contributed by atoms with van der Waals surface area (Å²) in [5, 5.41) is 10.7. The summed E-state index contributed by atoms with van der Waals surface area (Å²) in [6.45, 7) is 0. The monoisotopic (exact) mass is 289 g/mol. The zero-order chi connectivity index (χ0) is 15.0. The van der Waals surface area contributed by atoms with Crippen LogP contribution in [0.2, 0.25) is 0 Å². The summed E-state index contributed by atoms with van der Waals surface area (Å²) in [5.74, 6) is -2.62. The molecule has 5 heteroatoms. The maximum atomic E-state index is 13.7. The summed E-state index contributed by atoms with van der Waals surface area (Å²) >= 11 is 0. The normalized spacial score (nSPS) is 12.6. The Labute approximate surface area is 118 Å². The van der Waals surface area contributed by atoms with E-state index in [2.05, 4.69) is 4.98 Å². The molecular weight excluding hydrogens is 279 g/mol. The van der Waals surface area contributed by atoms with E-state index in [0.717, 1.165) is 6.07 Å². The van der Waals surface area contributed by atoms with Crippen LogP contribution < -0.4 is 0 Å². The molecule has 0 aliphatic heterocycles. The third-order valence-corrected chi connectivity index (χ3v) is 3.27. The van der Waals surface area contributed by atoms with Gasteiger partial charge in [-0.1, -0.05) is 24.3 Å². The molecule has 1 unspecified atom stereocenters. The van der Waals surface area contributed by atoms with E-state index in [-0.39, 0.29) is 16.6 Å². The Morgan fingerprint density at radius 1 is 0.952 bits per heavy atom. The fourth-order valence-electron chi connectivity index (χ4n) is 2.20. The molecular formula is C16H10F3NO. The van der Waals surface area contributed by atoms with Crippen LogP contribution in [0.1, 0.15) is 17.2 Å². The van der Waals surface area contributed by atoms with E-state index in [4.69, 9.17) is 0 Å². The van der Waals surface area contributed by atoms with Gasteiger partial charge in [0.15, 0.2) is 11.6 Å². The Bertz CT molecular complexity index is 820. The first-order chi connectivity index (χ1) is 10.1. The van der Waals surface area contributed by atoms with Gasteiger partial charge in [-0.3, -0.25) is 4.98 Å². The van der Waals surface area contributed by atoms with Crippen molar-refractivity contribution in [1.29, 1.82) is 0 Å². The van der Waals surface area contributed by atoms with Crippen LogP contribution in [0.15, 0.2) is 48.7 Å². The van der Waals surface area contributed by atoms with Crippen molar-refractivity contribution < 1.29 is 18.3 Å². The SMILES string of the molecule is OC(c1cnc2c(F)cccc2c1)c1cccc(F)c1F. The van der Waals surface area contributed by atoms with Crippen molar-refractivity contribution in [1.82, 2.24) is 4.98 Å². The zero-order valence-electron chi connectivity index (χ0n) is 10.7. The van der Waals surface area contributed by atoms with Crippen molar-refractivity contribution in [3.05, 3.63) is 77.2 Å². The highest BCUT2D eigenvalue weighted by molar-refractivity contribution is 5.79. The van der Waals surface area contributed by atoms with Gasteiger partial charge in [0.05, 0.1) is 0 Å². The van der Waals surface area contributed by atoms with Crippen LogP contribution in [-0.4, -0.2) is 10.1 Å². The molecule has 21 heavy (non-hydrogen) atoms. The van der Waals surface area contributed by atoms with Crippen molar-refractivity contribution in [2.24, 2.45) is 0 Å². The maximum absolute atomic E-state index is 13.7. The standard InChI is InChI=1S/C16H10F3NO/c17-12-5-2-4-11(14(12)19)16(21)10-7-9-3-1-6-13(18)15(9)20-8-10/h1-8,16,21H. The molecule has 0 fully saturated rings. The second-order valence-electron chi connectivity index (χ2n) is 4.63. The van der Waals surface area contributed by atoms with E-state index < -0.39 is 23.6 Å². The number of nitrogens with zero attached hydrogens (tertiary/aromatic N) is 1. The van der Waals surface area contributed by atoms with Crippen LogP contribution in [0.3, 0.4) is 0 Å². The van der Waals surface area contributed by atoms with Gasteiger partial charge in [-0.15, -0.1) is 0 Å². The first kappa shape index (κ1) is 13.6. The van der Waals surface area contributed by atoms with Gasteiger partial charge in [0.1, 0.15) is 17.4 Å². The molecule has 0 radical (unpaired) electrons. The quantitative estimate of drug-likeness (QED) is 0.779. The molecule has 106 valence electrons. The highest BCUT2D eigenvalue weighted by Gasteiger charge is 2.18. The number of halogens is 3. The molecule has 2 aromatic carbocycles. The first-order valence-electron chi connectivity index (χ1n) is 6.24. The lowest BCUT2D eigenvalue weighted by Gasteiger charge is -2.13. The summed E-state index contributed by atoms with van der Waals surface area (Å²) in [6.07, 6.45) is -0.124. The molecule has 1 atom stereocenters. The fourth-order valence-corrected chi connectivity index (χ4v) is 2.20. The molecule has 0 bridgehead atoms. The second-order valence-corrected chi connectivity index (χ2v) is 4.63. The number of fused-ring (bicyclic) bond motifs is 1. The molecule has 0 aliphatic carbocycles. The van der Waals surface area contributed by atoms with E-state index in [1.165, 1.54) is 36.5 Å². The number of hydrogen-bond donors (Lipinski definition) is 1. The van der Waals surface area contributed by atoms with Crippen molar-refractivity contribution >= 4 is 10.9 Å². The summed E-state index contributed by atoms with van der Waals surface area (Å²) < 4.78 is 40.4. The van der Waals surface area contributed by atoms with Crippen molar-refractivity contribution in [3.63, 3.8) is 0 Å². The van der Waals surface area contributed by atoms with Crippen LogP contribution in [0.25, 0.3) is 10.9 Å². The minimum Gasteiger partial charge on any atom is -0.383 e. The van der Waals surface area contributed by atoms with Crippen molar-refractivity contribution in [2.75, 3.05) is 0 Å². The average Bonchev–Trinajstić information content (AvgIpc) is 2.49. The first-order valence-corrected chi connectivity index (χ1v) is 6.24. The van der Waals surface area contributed by atoms with E-state index in [9.17, 15) is 18.3 Å². The summed E-state index contributed by atoms with van der Waals surface area (Å²) in [6, 6.07) is 9.49. The molecule has 3 rings (SSSR count). The van der Waals surface area contributed by atoms with Crippen molar-refractivity contribution in [3.8, 4) is 0 Å². The van der Waals surface area contributed by atoms with Gasteiger partial charge in [0.25, 0.3) is 0 Å². The summed E-state index contributed by atoms with van der Waals surface area (Å²) in [4.78, 5) is 3.93. The number of aromatic nitrogens is 1. The summed E-state index contributed by atoms with van der Waals surface area (Å²) in [7, 11) is 0. The van der Waals surface area contributed by atoms with Gasteiger partial charge in [-0.25, -0.2) is 13.2 Å². The Hall–Kier alpha value is -2.40. The Morgan fingerprint density at radius 2 is 1.67 bits per heavy atom. The highest BCUT2D eigenvalue weighted by Crippen LogP contribution is 2.27. The summed E-state index contributed by atoms with van der Waals surface area (Å²) in [5.41, 5.74) is 0.235. The predicted octanol–water partition coefficient (Wildman–Crippen LogP) is 3.73. The lowest BCUT2D eigenvalue weighted by Crippen LogP contribution is -2.05. The molecule has 0 saturated carbocycles. The van der Waals surface area contributed by atoms with Gasteiger partial charge in [0.2, 0.25) is 0 Å². The third kappa shape index (κ3) is 2.36. The maximum Gasteiger partial charge on any atom is 0.164 e. The lowest BCUT2D eigenvalue weighted by molar-refractivity contribution is 0.213. The Kier molecular flexibility index (Phi) is 3.35. The fraction of sp³-hybridized carbons (Fsp3) is 0.0625. The highest BCUT2D eigenvalue weighted by atomic mass is 19.2. The topological polar surface area (TPSA) is 33.1 Å². The van der Waals surface area contributed by atoms with E-state index in [1.54, 1.807) is 6.07 Å². The van der Waals surface area contributed by atoms with E-state index >= 15 is 0 Å². The van der Waals surface area contributed by atoms with E-state index in [1.807, 2.05) is 0 Å². The minimum absolute atomic E-state index is 0.160. The van der Waals surface area contributed by atoms with Crippen LogP contribution in [0, 0.1) is 17.5 Å². The molecule has 1 aromatic heterocycles. The molecule has 2 nitrogen and oxygen atoms in total. The van der Waals surface area contributed by atoms with E-state index in [0.29, 0.717) is 5.39 Å². The minimum atomic E-state index is -1.37. The molecule has 3 aromatic rings. The van der Waals surface area contributed by atoms with Crippen molar-refractivity contribution in [2.45, 2.75) is 6.10 Å². The number of rotatable bonds is 2. The number of aliphatic hydroxyl groups excluding tert-OH is 1. The van der Waals surface area contributed by atoms with Crippen LogP contribution >= 0.6 is 0 Å². The van der Waals surface area contributed by atoms with Crippen LogP contribution in [0.5, 0.6) is 0 Å². The average molecular weight is 289 g/mol. The molecule has 1 N–H and O–H groups in total. The predicted molar refractivity (Wildman–Crippen MR) is 72.1 cm³/mol. The number of para-hydroxylation sites is 1. The number of benzene rings is 2. The molecule has 1 heterocycles. The van der Waals surface area contributed by atoms with Gasteiger partial charge < -0.3 is 5.11 Å². The van der Waals surface area contributed by atoms with Gasteiger partial charge >= 0.3 is 0 Å². The molecule has 0 saturated heterocycles. The number of pyridine rings is 1. The Morgan fingerprint density at radius 3 is 2.48 bits per heavy atom. The molecule has 0 aliphatic rings. The number of aliphatic hydroxyl groups is 1. The smallest absolute Gasteiger partial charge is 0.164 e. The van der Waals surface area contributed by atoms with Crippen LogP contribution in [-0.2, 0) is 0 Å². The van der Waals surface area contributed by atoms with Gasteiger partial charge in [-0.2, -0.15) is 0 Å². The molecule has 0 spiro atoms. The third-order valence-electron chi connectivity index (χ3n) is 3.27. The Balaban J connectivity index is 2.09. The second kappa shape index (κ2) is 5.18. The number of hydrogen-bond acceptors (Lipinski definition) is 2. The zero-order valence-corrected chi connectivity index (χ0v) is 10.7. The lowest BCUT2D eigenvalue weighted by atomic mass is 10.0. The van der Waals surface area contributed by atoms with Crippen LogP contribution in [0.4, 0.5) is 13.2 Å². The molecule has 0 amide bonds. The largest absolute Gasteiger partial charge is 0.383 e. The van der Waals surface area contributed by atoms with Gasteiger partial charge in [0, 0.05) is 22.7 Å². The van der Waals surface area contributed by atoms with Gasteiger partial charge in [-0.05, 0) is 18.2 Å².